The van der Waals surface area contributed by atoms with E-state index >= 15 is 0 Å². The Kier molecular flexibility index (Phi) is 5.32. The largest absolute Gasteiger partial charge is 0.279 e. The summed E-state index contributed by atoms with van der Waals surface area (Å²) < 4.78 is 27.7. The van der Waals surface area contributed by atoms with Gasteiger partial charge in [-0.15, -0.1) is 11.6 Å². The molecule has 1 heterocycles. The van der Waals surface area contributed by atoms with Crippen molar-refractivity contribution in [2.24, 2.45) is 5.92 Å². The minimum absolute atomic E-state index is 0.172. The molecule has 1 saturated heterocycles. The van der Waals surface area contributed by atoms with Crippen LogP contribution in [-0.2, 0) is 10.2 Å². The molecular weight excluding hydrogens is 236 g/mol. The number of rotatable bonds is 5. The smallest absolute Gasteiger partial charge is 0.202 e. The molecule has 0 saturated carbocycles. The summed E-state index contributed by atoms with van der Waals surface area (Å²) in [6.45, 7) is 3.63. The van der Waals surface area contributed by atoms with Crippen molar-refractivity contribution >= 4 is 21.8 Å². The van der Waals surface area contributed by atoms with Gasteiger partial charge >= 0.3 is 0 Å². The van der Waals surface area contributed by atoms with Gasteiger partial charge in [0.15, 0.2) is 0 Å². The first-order chi connectivity index (χ1) is 7.06. The first kappa shape index (κ1) is 13.2. The molecule has 0 aromatic heterocycles. The molecule has 0 spiro atoms. The molecule has 1 aliphatic heterocycles. The third kappa shape index (κ3) is 4.26. The number of piperidine rings is 1. The lowest BCUT2D eigenvalue weighted by Gasteiger charge is -2.26. The average Bonchev–Trinajstić information content (AvgIpc) is 2.27. The Balaban J connectivity index is 2.43. The van der Waals surface area contributed by atoms with Crippen LogP contribution in [0, 0.1) is 5.92 Å². The molecular formula is C9H19ClN2O2S. The topological polar surface area (TPSA) is 49.4 Å². The molecule has 1 aliphatic rings. The van der Waals surface area contributed by atoms with Crippen LogP contribution in [0.15, 0.2) is 0 Å². The molecule has 0 radical (unpaired) electrons. The predicted molar refractivity (Wildman–Crippen MR) is 62.2 cm³/mol. The Morgan fingerprint density at radius 1 is 1.33 bits per heavy atom. The normalized spacial score (nSPS) is 21.5. The van der Waals surface area contributed by atoms with Crippen LogP contribution < -0.4 is 4.72 Å². The fraction of sp³-hybridized carbons (Fsp3) is 1.00. The van der Waals surface area contributed by atoms with Crippen molar-refractivity contribution in [1.29, 1.82) is 0 Å². The molecule has 0 amide bonds. The second kappa shape index (κ2) is 6.03. The zero-order valence-corrected chi connectivity index (χ0v) is 10.6. The molecule has 0 aromatic rings. The van der Waals surface area contributed by atoms with Gasteiger partial charge in [-0.25, -0.2) is 4.72 Å². The van der Waals surface area contributed by atoms with Gasteiger partial charge in [0.2, 0.25) is 0 Å². The van der Waals surface area contributed by atoms with Crippen molar-refractivity contribution in [1.82, 2.24) is 9.03 Å². The highest BCUT2D eigenvalue weighted by Crippen LogP contribution is 2.12. The number of hydrogen-bond donors (Lipinski definition) is 1. The summed E-state index contributed by atoms with van der Waals surface area (Å²) in [5.41, 5.74) is 0. The summed E-state index contributed by atoms with van der Waals surface area (Å²) in [6.07, 6.45) is 3.06. The van der Waals surface area contributed by atoms with E-state index in [0.29, 0.717) is 25.5 Å². The van der Waals surface area contributed by atoms with Crippen LogP contribution in [0.4, 0.5) is 0 Å². The van der Waals surface area contributed by atoms with Gasteiger partial charge in [0.25, 0.3) is 10.2 Å². The summed E-state index contributed by atoms with van der Waals surface area (Å²) in [6, 6.07) is 0. The Labute approximate surface area is 97.2 Å². The van der Waals surface area contributed by atoms with Gasteiger partial charge < -0.3 is 0 Å². The zero-order valence-electron chi connectivity index (χ0n) is 9.08. The molecule has 4 nitrogen and oxygen atoms in total. The minimum atomic E-state index is -3.26. The van der Waals surface area contributed by atoms with E-state index in [-0.39, 0.29) is 5.92 Å². The predicted octanol–water partition coefficient (Wildman–Crippen LogP) is 1.18. The number of hydrogen-bond acceptors (Lipinski definition) is 2. The lowest BCUT2D eigenvalue weighted by molar-refractivity contribution is 0.340. The summed E-state index contributed by atoms with van der Waals surface area (Å²) in [5.74, 6) is 0.647. The molecule has 1 fully saturated rings. The standard InChI is InChI=1S/C9H19ClN2O2S/c1-9(7-10)8-11-15(13,14)12-5-3-2-4-6-12/h9,11H,2-8H2,1H3. The highest BCUT2D eigenvalue weighted by Gasteiger charge is 2.23. The highest BCUT2D eigenvalue weighted by atomic mass is 35.5. The monoisotopic (exact) mass is 254 g/mol. The third-order valence-corrected chi connectivity index (χ3v) is 4.64. The van der Waals surface area contributed by atoms with E-state index in [1.165, 1.54) is 4.31 Å². The molecule has 1 atom stereocenters. The Hall–Kier alpha value is 0.160. The van der Waals surface area contributed by atoms with Crippen LogP contribution in [0.5, 0.6) is 0 Å². The number of alkyl halides is 1. The average molecular weight is 255 g/mol. The van der Waals surface area contributed by atoms with Gasteiger partial charge in [-0.1, -0.05) is 13.3 Å². The van der Waals surface area contributed by atoms with E-state index in [2.05, 4.69) is 4.72 Å². The zero-order chi connectivity index (χ0) is 11.3. The van der Waals surface area contributed by atoms with Crippen molar-refractivity contribution in [3.63, 3.8) is 0 Å². The fourth-order valence-electron chi connectivity index (χ4n) is 1.50. The van der Waals surface area contributed by atoms with Crippen LogP contribution in [0.1, 0.15) is 26.2 Å². The van der Waals surface area contributed by atoms with E-state index < -0.39 is 10.2 Å². The van der Waals surface area contributed by atoms with E-state index in [1.807, 2.05) is 6.92 Å². The van der Waals surface area contributed by atoms with E-state index in [4.69, 9.17) is 11.6 Å². The molecule has 1 rings (SSSR count). The summed E-state index contributed by atoms with van der Waals surface area (Å²) in [5, 5.41) is 0. The molecule has 1 N–H and O–H groups in total. The highest BCUT2D eigenvalue weighted by molar-refractivity contribution is 7.87. The quantitative estimate of drug-likeness (QED) is 0.749. The Morgan fingerprint density at radius 2 is 1.93 bits per heavy atom. The lowest BCUT2D eigenvalue weighted by atomic mass is 10.2. The molecule has 6 heteroatoms. The summed E-state index contributed by atoms with van der Waals surface area (Å²) >= 11 is 5.62. The van der Waals surface area contributed by atoms with Crippen LogP contribution in [0.2, 0.25) is 0 Å². The van der Waals surface area contributed by atoms with Crippen LogP contribution in [-0.4, -0.2) is 38.2 Å². The first-order valence-electron chi connectivity index (χ1n) is 5.37. The van der Waals surface area contributed by atoms with Crippen LogP contribution in [0.3, 0.4) is 0 Å². The van der Waals surface area contributed by atoms with E-state index in [0.717, 1.165) is 19.3 Å². The van der Waals surface area contributed by atoms with Crippen LogP contribution in [0.25, 0.3) is 0 Å². The molecule has 0 aliphatic carbocycles. The van der Waals surface area contributed by atoms with Gasteiger partial charge in [0.1, 0.15) is 0 Å². The molecule has 0 bridgehead atoms. The third-order valence-electron chi connectivity index (χ3n) is 2.53. The summed E-state index contributed by atoms with van der Waals surface area (Å²) in [4.78, 5) is 0. The van der Waals surface area contributed by atoms with Gasteiger partial charge in [-0.3, -0.25) is 0 Å². The molecule has 0 aromatic carbocycles. The lowest BCUT2D eigenvalue weighted by Crippen LogP contribution is -2.44. The Bertz CT molecular complexity index is 276. The van der Waals surface area contributed by atoms with E-state index in [9.17, 15) is 8.42 Å². The van der Waals surface area contributed by atoms with Gasteiger partial charge in [-0.2, -0.15) is 12.7 Å². The number of halogens is 1. The van der Waals surface area contributed by atoms with Gasteiger partial charge in [-0.05, 0) is 18.8 Å². The van der Waals surface area contributed by atoms with Crippen molar-refractivity contribution in [3.05, 3.63) is 0 Å². The van der Waals surface area contributed by atoms with E-state index in [1.54, 1.807) is 0 Å². The maximum Gasteiger partial charge on any atom is 0.279 e. The first-order valence-corrected chi connectivity index (χ1v) is 7.34. The molecule has 15 heavy (non-hydrogen) atoms. The Morgan fingerprint density at radius 3 is 2.47 bits per heavy atom. The molecule has 90 valence electrons. The molecule has 1 unspecified atom stereocenters. The second-order valence-electron chi connectivity index (χ2n) is 4.07. The summed E-state index contributed by atoms with van der Waals surface area (Å²) in [7, 11) is -3.26. The second-order valence-corrected chi connectivity index (χ2v) is 6.14. The fourth-order valence-corrected chi connectivity index (χ4v) is 3.02. The maximum atomic E-state index is 11.8. The number of nitrogens with one attached hydrogen (secondary N) is 1. The maximum absolute atomic E-state index is 11.8. The number of nitrogens with zero attached hydrogens (tertiary/aromatic N) is 1. The van der Waals surface area contributed by atoms with Gasteiger partial charge in [0, 0.05) is 25.5 Å². The van der Waals surface area contributed by atoms with Crippen molar-refractivity contribution in [3.8, 4) is 0 Å². The van der Waals surface area contributed by atoms with Crippen molar-refractivity contribution in [2.75, 3.05) is 25.5 Å². The van der Waals surface area contributed by atoms with Crippen molar-refractivity contribution in [2.45, 2.75) is 26.2 Å². The van der Waals surface area contributed by atoms with Crippen LogP contribution >= 0.6 is 11.6 Å². The minimum Gasteiger partial charge on any atom is -0.202 e. The SMILES string of the molecule is CC(CCl)CNS(=O)(=O)N1CCCCC1. The van der Waals surface area contributed by atoms with Crippen molar-refractivity contribution < 1.29 is 8.42 Å². The van der Waals surface area contributed by atoms with Gasteiger partial charge in [0.05, 0.1) is 0 Å².